The minimum absolute atomic E-state index is 0.0427. The number of methoxy groups -OCH3 is 1. The molecule has 3 aromatic carbocycles. The molecule has 0 spiro atoms. The minimum atomic E-state index is -4.15. The molecular weight excluding hydrogens is 626 g/mol. The summed E-state index contributed by atoms with van der Waals surface area (Å²) in [4.78, 5) is 27.5. The Hall–Kier alpha value is -4.11. The Morgan fingerprint density at radius 2 is 1.51 bits per heavy atom. The highest BCUT2D eigenvalue weighted by Gasteiger charge is 2.59. The molecule has 0 amide bonds. The van der Waals surface area contributed by atoms with E-state index in [-0.39, 0.29) is 31.9 Å². The third kappa shape index (κ3) is 7.89. The van der Waals surface area contributed by atoms with Crippen LogP contribution in [-0.2, 0) is 54.0 Å². The summed E-state index contributed by atoms with van der Waals surface area (Å²) in [5.74, 6) is 0.618. The first kappa shape index (κ1) is 34.2. The number of aromatic nitrogens is 2. The summed E-state index contributed by atoms with van der Waals surface area (Å²) in [7, 11) is -2.61. The summed E-state index contributed by atoms with van der Waals surface area (Å²) in [6.45, 7) is 1.37. The number of benzene rings is 3. The molecule has 1 fully saturated rings. The molecule has 0 bridgehead atoms. The molecule has 250 valence electrons. The van der Waals surface area contributed by atoms with Crippen LogP contribution in [0.5, 0.6) is 5.75 Å². The van der Waals surface area contributed by atoms with E-state index in [0.717, 1.165) is 26.5 Å². The predicted octanol–water partition coefficient (Wildman–Crippen LogP) is 2.53. The Bertz CT molecular complexity index is 1860. The van der Waals surface area contributed by atoms with Gasteiger partial charge < -0.3 is 24.7 Å². The molecule has 0 radical (unpaired) electrons. The van der Waals surface area contributed by atoms with Crippen LogP contribution in [0.4, 0.5) is 0 Å². The lowest BCUT2D eigenvalue weighted by molar-refractivity contribution is -0.143. The van der Waals surface area contributed by atoms with Crippen molar-refractivity contribution in [1.29, 1.82) is 0 Å². The minimum Gasteiger partial charge on any atom is -0.497 e. The highest BCUT2D eigenvalue weighted by atomic mass is 32.2. The maximum Gasteiger partial charge on any atom is 0.333 e. The lowest BCUT2D eigenvalue weighted by Gasteiger charge is -2.35. The standard InChI is InChI=1S/C34H39N3O9S/c1-24-18-37(33(39)36(32(24)38)19-25-14-16-28(42-2)17-15-25)34(23-35)31(46-47(3,40)41)30(44-21-27-12-8-5-9-13-27)29(45-34)22-43-20-26-10-6-4-7-11-26/h4-18,29-31H,19-23,35H2,1-3H3/t29-,30-,31+,34-/m1/s1. The first-order valence-electron chi connectivity index (χ1n) is 15.0. The second kappa shape index (κ2) is 14.8. The van der Waals surface area contributed by atoms with Gasteiger partial charge in [-0.25, -0.2) is 4.79 Å². The number of hydrogen-bond donors (Lipinski definition) is 1. The van der Waals surface area contributed by atoms with Gasteiger partial charge in [0.05, 0.1) is 39.7 Å². The van der Waals surface area contributed by atoms with E-state index in [1.165, 1.54) is 6.20 Å². The molecule has 13 heteroatoms. The van der Waals surface area contributed by atoms with Crippen LogP contribution in [0.1, 0.15) is 22.3 Å². The van der Waals surface area contributed by atoms with E-state index >= 15 is 0 Å². The zero-order chi connectivity index (χ0) is 33.6. The molecule has 2 N–H and O–H groups in total. The SMILES string of the molecule is COc1ccc(Cn2c(=O)c(C)cn([C@]3(CN)O[C@H](COCc4ccccc4)[C@@H](OCc4ccccc4)[C@@H]3OS(C)(=O)=O)c2=O)cc1. The Morgan fingerprint density at radius 3 is 2.09 bits per heavy atom. The Balaban J connectivity index is 1.58. The fraction of sp³-hybridized carbons (Fsp3) is 0.353. The van der Waals surface area contributed by atoms with E-state index in [9.17, 15) is 18.0 Å². The maximum atomic E-state index is 14.2. The van der Waals surface area contributed by atoms with Crippen LogP contribution in [0.3, 0.4) is 0 Å². The summed E-state index contributed by atoms with van der Waals surface area (Å²) < 4.78 is 57.6. The Morgan fingerprint density at radius 1 is 0.894 bits per heavy atom. The van der Waals surface area contributed by atoms with Crippen molar-refractivity contribution in [2.45, 2.75) is 50.7 Å². The summed E-state index contributed by atoms with van der Waals surface area (Å²) in [6.07, 6.45) is -1.19. The quantitative estimate of drug-likeness (QED) is 0.199. The van der Waals surface area contributed by atoms with Gasteiger partial charge in [0.2, 0.25) is 0 Å². The van der Waals surface area contributed by atoms with Crippen LogP contribution in [-0.4, -0.2) is 62.4 Å². The third-order valence-corrected chi connectivity index (χ3v) is 8.52. The van der Waals surface area contributed by atoms with Crippen molar-refractivity contribution in [3.63, 3.8) is 0 Å². The van der Waals surface area contributed by atoms with Gasteiger partial charge >= 0.3 is 5.69 Å². The van der Waals surface area contributed by atoms with Crippen LogP contribution in [0.15, 0.2) is 101 Å². The molecule has 47 heavy (non-hydrogen) atoms. The van der Waals surface area contributed by atoms with Gasteiger partial charge in [0.1, 0.15) is 18.0 Å². The van der Waals surface area contributed by atoms with Gasteiger partial charge in [0.15, 0.2) is 11.8 Å². The van der Waals surface area contributed by atoms with Crippen molar-refractivity contribution >= 4 is 10.1 Å². The van der Waals surface area contributed by atoms with Gasteiger partial charge in [0.25, 0.3) is 15.7 Å². The molecule has 1 aliphatic heterocycles. The van der Waals surface area contributed by atoms with Crippen molar-refractivity contribution in [3.05, 3.63) is 134 Å². The van der Waals surface area contributed by atoms with Crippen LogP contribution in [0.2, 0.25) is 0 Å². The van der Waals surface area contributed by atoms with E-state index < -0.39 is 51.9 Å². The van der Waals surface area contributed by atoms with Crippen LogP contribution < -0.4 is 21.7 Å². The molecule has 4 atom stereocenters. The summed E-state index contributed by atoms with van der Waals surface area (Å²) >= 11 is 0. The first-order chi connectivity index (χ1) is 22.5. The second-order valence-corrected chi connectivity index (χ2v) is 13.0. The fourth-order valence-corrected chi connectivity index (χ4v) is 6.27. The monoisotopic (exact) mass is 665 g/mol. The van der Waals surface area contributed by atoms with Gasteiger partial charge in [0, 0.05) is 18.3 Å². The topological polar surface area (TPSA) is 150 Å². The first-order valence-corrected chi connectivity index (χ1v) is 16.9. The molecule has 2 heterocycles. The van der Waals surface area contributed by atoms with Crippen molar-refractivity contribution in [3.8, 4) is 5.75 Å². The van der Waals surface area contributed by atoms with Crippen molar-refractivity contribution in [2.24, 2.45) is 5.73 Å². The van der Waals surface area contributed by atoms with Gasteiger partial charge in [-0.15, -0.1) is 0 Å². The average molecular weight is 666 g/mol. The largest absolute Gasteiger partial charge is 0.497 e. The molecule has 1 aromatic heterocycles. The maximum absolute atomic E-state index is 14.2. The van der Waals surface area contributed by atoms with Gasteiger partial charge in [-0.05, 0) is 35.7 Å². The zero-order valence-electron chi connectivity index (χ0n) is 26.5. The number of hydrogen-bond acceptors (Lipinski definition) is 10. The number of aryl methyl sites for hydroxylation is 1. The van der Waals surface area contributed by atoms with E-state index in [4.69, 9.17) is 28.9 Å². The van der Waals surface area contributed by atoms with E-state index in [1.54, 1.807) is 38.3 Å². The molecule has 12 nitrogen and oxygen atoms in total. The summed E-state index contributed by atoms with van der Waals surface area (Å²) in [5.41, 5.74) is 5.81. The molecule has 4 aromatic rings. The second-order valence-electron chi connectivity index (χ2n) is 11.4. The molecule has 5 rings (SSSR count). The van der Waals surface area contributed by atoms with Gasteiger partial charge in [-0.2, -0.15) is 8.42 Å². The van der Waals surface area contributed by atoms with E-state index in [2.05, 4.69) is 0 Å². The molecule has 1 aliphatic rings. The van der Waals surface area contributed by atoms with Crippen LogP contribution in [0, 0.1) is 6.92 Å². The number of rotatable bonds is 14. The Kier molecular flexibility index (Phi) is 10.7. The molecular formula is C34H39N3O9S. The van der Waals surface area contributed by atoms with Crippen molar-refractivity contribution in [1.82, 2.24) is 9.13 Å². The zero-order valence-corrected chi connectivity index (χ0v) is 27.3. The third-order valence-electron chi connectivity index (χ3n) is 7.96. The number of ether oxygens (including phenoxy) is 4. The van der Waals surface area contributed by atoms with E-state index in [0.29, 0.717) is 11.3 Å². The molecule has 0 unspecified atom stereocenters. The summed E-state index contributed by atoms with van der Waals surface area (Å²) in [6, 6.07) is 25.7. The molecule has 0 saturated carbocycles. The summed E-state index contributed by atoms with van der Waals surface area (Å²) in [5, 5.41) is 0. The molecule has 1 saturated heterocycles. The van der Waals surface area contributed by atoms with Gasteiger partial charge in [-0.1, -0.05) is 72.8 Å². The normalized spacial score (nSPS) is 21.1. The van der Waals surface area contributed by atoms with Crippen LogP contribution >= 0.6 is 0 Å². The number of nitrogens with two attached hydrogens (primary N) is 1. The lowest BCUT2D eigenvalue weighted by atomic mass is 10.0. The lowest BCUT2D eigenvalue weighted by Crippen LogP contribution is -2.59. The van der Waals surface area contributed by atoms with E-state index in [1.807, 2.05) is 60.7 Å². The fourth-order valence-electron chi connectivity index (χ4n) is 5.64. The smallest absolute Gasteiger partial charge is 0.333 e. The van der Waals surface area contributed by atoms with Crippen molar-refractivity contribution in [2.75, 3.05) is 26.5 Å². The highest BCUT2D eigenvalue weighted by molar-refractivity contribution is 7.86. The Labute approximate surface area is 273 Å². The average Bonchev–Trinajstić information content (AvgIpc) is 3.36. The predicted molar refractivity (Wildman–Crippen MR) is 175 cm³/mol. The molecule has 0 aliphatic carbocycles. The van der Waals surface area contributed by atoms with Gasteiger partial charge in [-0.3, -0.25) is 18.1 Å². The number of nitrogens with zero attached hydrogens (tertiary/aromatic N) is 2. The van der Waals surface area contributed by atoms with Crippen molar-refractivity contribution < 1.29 is 31.5 Å². The highest BCUT2D eigenvalue weighted by Crippen LogP contribution is 2.39. The van der Waals surface area contributed by atoms with Crippen LogP contribution in [0.25, 0.3) is 0 Å².